The number of aromatic nitrogens is 1. The summed E-state index contributed by atoms with van der Waals surface area (Å²) in [7, 11) is 0. The van der Waals surface area contributed by atoms with Crippen LogP contribution in [0.4, 0.5) is 0 Å². The lowest BCUT2D eigenvalue weighted by Crippen LogP contribution is -2.59. The minimum Gasteiger partial charge on any atom is -0.486 e. The summed E-state index contributed by atoms with van der Waals surface area (Å²) in [4.78, 5) is 56.6. The Morgan fingerprint density at radius 3 is 2.49 bits per heavy atom. The first-order valence-electron chi connectivity index (χ1n) is 13.4. The number of benzene rings is 1. The molecule has 1 aromatic carbocycles. The number of carbonyl (C=O) groups is 4. The van der Waals surface area contributed by atoms with Crippen LogP contribution in [0.2, 0.25) is 0 Å². The second kappa shape index (κ2) is 12.4. The molecule has 2 amide bonds. The summed E-state index contributed by atoms with van der Waals surface area (Å²) in [5, 5.41) is 4.12. The fraction of sp³-hybridized carbons (Fsp3) is 0.483. The third kappa shape index (κ3) is 7.00. The molecule has 0 radical (unpaired) electrons. The monoisotopic (exact) mass is 536 g/mol. The van der Waals surface area contributed by atoms with Gasteiger partial charge in [-0.3, -0.25) is 24.2 Å². The molecule has 10 nitrogen and oxygen atoms in total. The quantitative estimate of drug-likeness (QED) is 0.533. The number of hydrazine groups is 1. The molecule has 10 heteroatoms. The summed E-state index contributed by atoms with van der Waals surface area (Å²) in [5.41, 5.74) is 5.10. The van der Waals surface area contributed by atoms with E-state index in [1.807, 2.05) is 38.1 Å². The van der Waals surface area contributed by atoms with Gasteiger partial charge in [-0.25, -0.2) is 10.4 Å². The molecule has 4 heterocycles. The molecule has 2 aromatic rings. The van der Waals surface area contributed by atoms with Crippen molar-refractivity contribution in [3.05, 3.63) is 48.2 Å². The van der Waals surface area contributed by atoms with Crippen molar-refractivity contribution in [2.45, 2.75) is 65.1 Å². The maximum atomic E-state index is 13.1. The number of esters is 1. The molecule has 3 aliphatic heterocycles. The van der Waals surface area contributed by atoms with E-state index in [0.717, 1.165) is 5.56 Å². The number of hydrogen-bond donors (Lipinski definition) is 2. The molecule has 39 heavy (non-hydrogen) atoms. The van der Waals surface area contributed by atoms with E-state index < -0.39 is 30.1 Å². The van der Waals surface area contributed by atoms with Gasteiger partial charge in [0.2, 0.25) is 5.91 Å². The molecule has 0 unspecified atom stereocenters. The minimum atomic E-state index is -0.852. The number of carbonyl (C=O) groups excluding carboxylic acids is 4. The predicted octanol–water partition coefficient (Wildman–Crippen LogP) is 2.98. The maximum Gasteiger partial charge on any atom is 0.325 e. The van der Waals surface area contributed by atoms with Crippen molar-refractivity contribution in [1.82, 2.24) is 20.7 Å². The van der Waals surface area contributed by atoms with Crippen molar-refractivity contribution in [2.24, 2.45) is 11.8 Å². The second-order valence-electron chi connectivity index (χ2n) is 10.5. The molecule has 208 valence electrons. The van der Waals surface area contributed by atoms with Gasteiger partial charge in [0.05, 0.1) is 11.4 Å². The number of hydrogen-bond acceptors (Lipinski definition) is 8. The topological polar surface area (TPSA) is 127 Å². The Balaban J connectivity index is 1.61. The zero-order valence-electron chi connectivity index (χ0n) is 22.8. The smallest absolute Gasteiger partial charge is 0.325 e. The van der Waals surface area contributed by atoms with Crippen LogP contribution >= 0.6 is 0 Å². The SMILES string of the molecule is CC(C)[C@@H]1CC(=O)COc2ccc(cc2)-c2cccc(n2)[C@@H](C)OC(=O)[C@@H]2CCCN(N2)C(=O)[C@H](C)NC1=O. The molecular weight excluding hydrogens is 500 g/mol. The van der Waals surface area contributed by atoms with Gasteiger partial charge in [-0.2, -0.15) is 0 Å². The largest absolute Gasteiger partial charge is 0.486 e. The molecule has 1 saturated heterocycles. The zero-order valence-corrected chi connectivity index (χ0v) is 22.8. The van der Waals surface area contributed by atoms with Crippen LogP contribution in [0.1, 0.15) is 58.8 Å². The van der Waals surface area contributed by atoms with Gasteiger partial charge in [-0.05, 0) is 69.0 Å². The van der Waals surface area contributed by atoms with Crippen molar-refractivity contribution in [3.63, 3.8) is 0 Å². The Morgan fingerprint density at radius 2 is 1.77 bits per heavy atom. The van der Waals surface area contributed by atoms with E-state index in [9.17, 15) is 19.2 Å². The number of nitrogens with one attached hydrogen (secondary N) is 2. The molecule has 1 aromatic heterocycles. The predicted molar refractivity (Wildman–Crippen MR) is 143 cm³/mol. The van der Waals surface area contributed by atoms with E-state index in [2.05, 4.69) is 15.7 Å². The van der Waals surface area contributed by atoms with Crippen LogP contribution in [0, 0.1) is 11.8 Å². The first-order valence-corrected chi connectivity index (χ1v) is 13.4. The summed E-state index contributed by atoms with van der Waals surface area (Å²) in [6.45, 7) is 7.30. The van der Waals surface area contributed by atoms with E-state index in [0.29, 0.717) is 36.5 Å². The molecule has 0 saturated carbocycles. The number of ketones is 1. The standard InChI is InChI=1S/C29H36N4O6/c1-17(2)23-15-21(34)16-38-22-12-10-20(11-13-22)25-8-5-7-24(31-25)19(4)39-29(37)26-9-6-14-33(32-26)28(36)18(3)30-27(23)35/h5,7-8,10-13,17-19,23,26,32H,6,9,14-16H2,1-4H3,(H,30,35)/t18-,19+,23-,26-/m0/s1. The number of Topliss-reactive ketones (excluding diaryl/α,β-unsaturated/α-hetero) is 1. The normalized spacial score (nSPS) is 25.3. The molecule has 0 spiro atoms. The van der Waals surface area contributed by atoms with Crippen molar-refractivity contribution in [1.29, 1.82) is 0 Å². The van der Waals surface area contributed by atoms with Crippen LogP contribution in [0.3, 0.4) is 0 Å². The van der Waals surface area contributed by atoms with Crippen LogP contribution < -0.4 is 15.5 Å². The van der Waals surface area contributed by atoms with E-state index >= 15 is 0 Å². The summed E-state index contributed by atoms with van der Waals surface area (Å²) in [6, 6.07) is 11.2. The lowest BCUT2D eigenvalue weighted by Gasteiger charge is -2.35. The summed E-state index contributed by atoms with van der Waals surface area (Å²) >= 11 is 0. The van der Waals surface area contributed by atoms with E-state index in [4.69, 9.17) is 9.47 Å². The average Bonchev–Trinajstić information content (AvgIpc) is 2.94. The number of amides is 2. The first kappa shape index (κ1) is 28.2. The van der Waals surface area contributed by atoms with Crippen molar-refractivity contribution >= 4 is 23.6 Å². The summed E-state index contributed by atoms with van der Waals surface area (Å²) in [6.07, 6.45) is 0.492. The lowest BCUT2D eigenvalue weighted by atomic mass is 9.89. The number of rotatable bonds is 1. The second-order valence-corrected chi connectivity index (χ2v) is 10.5. The Kier molecular flexibility index (Phi) is 8.96. The molecule has 6 bridgehead atoms. The van der Waals surface area contributed by atoms with E-state index in [1.165, 1.54) is 5.01 Å². The number of ether oxygens (including phenoxy) is 2. The van der Waals surface area contributed by atoms with Crippen molar-refractivity contribution in [3.8, 4) is 17.0 Å². The molecule has 1 fully saturated rings. The van der Waals surface area contributed by atoms with Crippen LogP contribution in [0.25, 0.3) is 11.3 Å². The summed E-state index contributed by atoms with van der Waals surface area (Å²) in [5.74, 6) is -1.66. The van der Waals surface area contributed by atoms with Gasteiger partial charge >= 0.3 is 5.97 Å². The van der Waals surface area contributed by atoms with Crippen LogP contribution in [-0.2, 0) is 23.9 Å². The molecule has 4 atom stereocenters. The highest BCUT2D eigenvalue weighted by molar-refractivity contribution is 5.91. The van der Waals surface area contributed by atoms with Crippen LogP contribution in [0.15, 0.2) is 42.5 Å². The Morgan fingerprint density at radius 1 is 1.03 bits per heavy atom. The third-order valence-electron chi connectivity index (χ3n) is 7.09. The van der Waals surface area contributed by atoms with Gasteiger partial charge in [0.1, 0.15) is 30.5 Å². The van der Waals surface area contributed by atoms with E-state index in [-0.39, 0.29) is 36.5 Å². The Bertz CT molecular complexity index is 1210. The van der Waals surface area contributed by atoms with Gasteiger partial charge in [0.25, 0.3) is 5.91 Å². The van der Waals surface area contributed by atoms with Crippen molar-refractivity contribution < 1.29 is 28.7 Å². The Hall–Kier alpha value is -3.79. The minimum absolute atomic E-state index is 0.00668. The van der Waals surface area contributed by atoms with Gasteiger partial charge in [-0.15, -0.1) is 0 Å². The summed E-state index contributed by atoms with van der Waals surface area (Å²) < 4.78 is 11.4. The fourth-order valence-corrected chi connectivity index (χ4v) is 4.71. The number of fused-ring (bicyclic) bond motifs is 12. The molecule has 5 rings (SSSR count). The number of pyridine rings is 1. The van der Waals surface area contributed by atoms with Crippen molar-refractivity contribution in [2.75, 3.05) is 13.2 Å². The fourth-order valence-electron chi connectivity index (χ4n) is 4.71. The van der Waals surface area contributed by atoms with Gasteiger partial charge in [-0.1, -0.05) is 19.9 Å². The highest BCUT2D eigenvalue weighted by atomic mass is 16.5. The third-order valence-corrected chi connectivity index (χ3v) is 7.09. The highest BCUT2D eigenvalue weighted by Gasteiger charge is 2.34. The van der Waals surface area contributed by atoms with Gasteiger partial charge < -0.3 is 14.8 Å². The Labute approximate surface area is 228 Å². The highest BCUT2D eigenvalue weighted by Crippen LogP contribution is 2.25. The van der Waals surface area contributed by atoms with Gasteiger partial charge in [0, 0.05) is 24.4 Å². The zero-order chi connectivity index (χ0) is 28.1. The molecule has 2 N–H and O–H groups in total. The van der Waals surface area contributed by atoms with Gasteiger partial charge in [0.15, 0.2) is 5.78 Å². The van der Waals surface area contributed by atoms with Crippen LogP contribution in [0.5, 0.6) is 5.75 Å². The van der Waals surface area contributed by atoms with Crippen LogP contribution in [-0.4, -0.2) is 58.8 Å². The first-order chi connectivity index (χ1) is 18.6. The lowest BCUT2D eigenvalue weighted by molar-refractivity contribution is -0.157. The van der Waals surface area contributed by atoms with E-state index in [1.54, 1.807) is 32.0 Å². The molecule has 3 aliphatic rings. The molecule has 0 aliphatic carbocycles. The maximum absolute atomic E-state index is 13.1. The average molecular weight is 537 g/mol. The number of nitrogens with zero attached hydrogens (tertiary/aromatic N) is 2. The molecular formula is C29H36N4O6.